The van der Waals surface area contributed by atoms with Crippen molar-refractivity contribution >= 4 is 11.6 Å². The summed E-state index contributed by atoms with van der Waals surface area (Å²) in [4.78, 5) is 12.1. The van der Waals surface area contributed by atoms with Crippen molar-refractivity contribution in [3.8, 4) is 11.8 Å². The normalized spacial score (nSPS) is 9.67. The van der Waals surface area contributed by atoms with Gasteiger partial charge in [-0.15, -0.1) is 0 Å². The van der Waals surface area contributed by atoms with Crippen LogP contribution in [0.4, 0.5) is 14.5 Å². The third-order valence-corrected chi connectivity index (χ3v) is 2.59. The molecule has 1 amide bonds. The molecule has 5 heteroatoms. The summed E-state index contributed by atoms with van der Waals surface area (Å²) in [6.07, 6.45) is 0. The van der Waals surface area contributed by atoms with Gasteiger partial charge in [0.15, 0.2) is 0 Å². The lowest BCUT2D eigenvalue weighted by Gasteiger charge is -2.07. The first-order chi connectivity index (χ1) is 10.1. The molecule has 0 saturated heterocycles. The number of nitrogens with one attached hydrogen (secondary N) is 1. The van der Waals surface area contributed by atoms with Gasteiger partial charge in [-0.1, -0.05) is 24.0 Å². The molecule has 21 heavy (non-hydrogen) atoms. The van der Waals surface area contributed by atoms with Crippen LogP contribution in [0.2, 0.25) is 0 Å². The van der Waals surface area contributed by atoms with Crippen LogP contribution in [-0.2, 0) is 0 Å². The molecule has 0 aliphatic carbocycles. The number of aliphatic hydroxyl groups is 1. The molecule has 0 bridgehead atoms. The topological polar surface area (TPSA) is 49.3 Å². The Morgan fingerprint density at radius 3 is 2.48 bits per heavy atom. The van der Waals surface area contributed by atoms with Crippen LogP contribution in [0.3, 0.4) is 0 Å². The Balaban J connectivity index is 2.28. The third kappa shape index (κ3) is 3.88. The number of carbonyl (C=O) groups is 1. The Bertz CT molecular complexity index is 712. The molecule has 0 spiro atoms. The number of carbonyl (C=O) groups excluding carboxylic acids is 1. The first-order valence-electron chi connectivity index (χ1n) is 6.06. The van der Waals surface area contributed by atoms with Gasteiger partial charge in [-0.2, -0.15) is 0 Å². The lowest BCUT2D eigenvalue weighted by Crippen LogP contribution is -2.13. The monoisotopic (exact) mass is 287 g/mol. The molecule has 0 fully saturated rings. The third-order valence-electron chi connectivity index (χ3n) is 2.59. The summed E-state index contributed by atoms with van der Waals surface area (Å²) >= 11 is 0. The molecule has 2 N–H and O–H groups in total. The lowest BCUT2D eigenvalue weighted by atomic mass is 10.1. The van der Waals surface area contributed by atoms with Gasteiger partial charge in [0.1, 0.15) is 18.2 Å². The van der Waals surface area contributed by atoms with E-state index in [9.17, 15) is 13.6 Å². The molecule has 0 unspecified atom stereocenters. The van der Waals surface area contributed by atoms with E-state index >= 15 is 0 Å². The number of benzene rings is 2. The van der Waals surface area contributed by atoms with Crippen LogP contribution >= 0.6 is 0 Å². The fourth-order valence-corrected chi connectivity index (χ4v) is 1.75. The molecule has 2 aromatic carbocycles. The minimum Gasteiger partial charge on any atom is -0.384 e. The highest BCUT2D eigenvalue weighted by Crippen LogP contribution is 2.15. The summed E-state index contributed by atoms with van der Waals surface area (Å²) in [5, 5.41) is 11.1. The van der Waals surface area contributed by atoms with Crippen molar-refractivity contribution in [1.29, 1.82) is 0 Å². The van der Waals surface area contributed by atoms with Crippen LogP contribution in [0.1, 0.15) is 15.9 Å². The van der Waals surface area contributed by atoms with Crippen LogP contribution in [0.25, 0.3) is 0 Å². The van der Waals surface area contributed by atoms with E-state index in [-0.39, 0.29) is 17.9 Å². The number of hydrogen-bond donors (Lipinski definition) is 2. The van der Waals surface area contributed by atoms with Crippen LogP contribution < -0.4 is 5.32 Å². The molecule has 0 radical (unpaired) electrons. The Kier molecular flexibility index (Phi) is 4.64. The van der Waals surface area contributed by atoms with E-state index in [0.717, 1.165) is 18.2 Å². The maximum atomic E-state index is 13.1. The molecule has 0 aromatic heterocycles. The zero-order chi connectivity index (χ0) is 15.2. The summed E-state index contributed by atoms with van der Waals surface area (Å²) in [5.74, 6) is 2.99. The zero-order valence-electron chi connectivity index (χ0n) is 10.9. The largest absolute Gasteiger partial charge is 0.384 e. The molecule has 2 rings (SSSR count). The molecule has 2 aromatic rings. The Hall–Kier alpha value is -2.71. The van der Waals surface area contributed by atoms with Crippen molar-refractivity contribution in [3.05, 3.63) is 65.2 Å². The van der Waals surface area contributed by atoms with Crippen LogP contribution in [0, 0.1) is 23.5 Å². The Labute approximate surface area is 120 Å². The maximum absolute atomic E-state index is 13.1. The number of rotatable bonds is 2. The summed E-state index contributed by atoms with van der Waals surface area (Å²) in [7, 11) is 0. The molecule has 3 nitrogen and oxygen atoms in total. The van der Waals surface area contributed by atoms with Gasteiger partial charge >= 0.3 is 0 Å². The standard InChI is InChI=1S/C16H11F2NO2/c17-12-8-13(18)10-14(9-12)19-16(21)15-6-2-1-4-11(15)5-3-7-20/h1-2,4,6,8-10,20H,7H2,(H,19,21). The van der Waals surface area contributed by atoms with Gasteiger partial charge in [-0.3, -0.25) is 4.79 Å². The maximum Gasteiger partial charge on any atom is 0.256 e. The average molecular weight is 287 g/mol. The van der Waals surface area contributed by atoms with Crippen LogP contribution in [0.15, 0.2) is 42.5 Å². The fourth-order valence-electron chi connectivity index (χ4n) is 1.75. The second kappa shape index (κ2) is 6.64. The van der Waals surface area contributed by atoms with Crippen molar-refractivity contribution in [2.45, 2.75) is 0 Å². The minimum atomic E-state index is -0.779. The van der Waals surface area contributed by atoms with Crippen molar-refractivity contribution in [1.82, 2.24) is 0 Å². The van der Waals surface area contributed by atoms with Crippen LogP contribution in [0.5, 0.6) is 0 Å². The van der Waals surface area contributed by atoms with E-state index in [1.165, 1.54) is 6.07 Å². The van der Waals surface area contributed by atoms with E-state index < -0.39 is 17.5 Å². The molecule has 106 valence electrons. The Morgan fingerprint density at radius 2 is 1.81 bits per heavy atom. The summed E-state index contributed by atoms with van der Waals surface area (Å²) in [6, 6.07) is 9.24. The molecule has 0 aliphatic heterocycles. The molecular weight excluding hydrogens is 276 g/mol. The average Bonchev–Trinajstić information content (AvgIpc) is 2.44. The van der Waals surface area contributed by atoms with Gasteiger partial charge in [-0.05, 0) is 24.3 Å². The van der Waals surface area contributed by atoms with E-state index in [0.29, 0.717) is 5.56 Å². The zero-order valence-corrected chi connectivity index (χ0v) is 10.9. The van der Waals surface area contributed by atoms with Crippen molar-refractivity contribution in [2.75, 3.05) is 11.9 Å². The molecular formula is C16H11F2NO2. The quantitative estimate of drug-likeness (QED) is 0.834. The van der Waals surface area contributed by atoms with E-state index in [1.54, 1.807) is 18.2 Å². The van der Waals surface area contributed by atoms with Crippen LogP contribution in [-0.4, -0.2) is 17.6 Å². The lowest BCUT2D eigenvalue weighted by molar-refractivity contribution is 0.102. The molecule has 0 saturated carbocycles. The predicted molar refractivity (Wildman–Crippen MR) is 74.7 cm³/mol. The van der Waals surface area contributed by atoms with Crippen molar-refractivity contribution < 1.29 is 18.7 Å². The Morgan fingerprint density at radius 1 is 1.14 bits per heavy atom. The number of amides is 1. The first kappa shape index (κ1) is 14.7. The van der Waals surface area contributed by atoms with Gasteiger partial charge in [0.05, 0.1) is 5.56 Å². The predicted octanol–water partition coefficient (Wildman–Crippen LogP) is 2.56. The number of aliphatic hydroxyl groups excluding tert-OH is 1. The summed E-state index contributed by atoms with van der Waals surface area (Å²) in [6.45, 7) is -0.328. The minimum absolute atomic E-state index is 0.0161. The van der Waals surface area contributed by atoms with Gasteiger partial charge in [0.2, 0.25) is 0 Å². The molecule has 0 heterocycles. The van der Waals surface area contributed by atoms with Crippen molar-refractivity contribution in [3.63, 3.8) is 0 Å². The van der Waals surface area contributed by atoms with E-state index in [1.807, 2.05) is 0 Å². The highest BCUT2D eigenvalue weighted by Gasteiger charge is 2.11. The summed E-state index contributed by atoms with van der Waals surface area (Å²) < 4.78 is 26.2. The SMILES string of the molecule is O=C(Nc1cc(F)cc(F)c1)c1ccccc1C#CCO. The van der Waals surface area contributed by atoms with Gasteiger partial charge < -0.3 is 10.4 Å². The number of anilines is 1. The van der Waals surface area contributed by atoms with E-state index in [2.05, 4.69) is 17.2 Å². The first-order valence-corrected chi connectivity index (χ1v) is 6.06. The second-order valence-corrected chi connectivity index (χ2v) is 4.12. The van der Waals surface area contributed by atoms with Gasteiger partial charge in [0, 0.05) is 17.3 Å². The second-order valence-electron chi connectivity index (χ2n) is 4.12. The number of halogens is 2. The van der Waals surface area contributed by atoms with Gasteiger partial charge in [0.25, 0.3) is 5.91 Å². The molecule has 0 atom stereocenters. The fraction of sp³-hybridized carbons (Fsp3) is 0.0625. The smallest absolute Gasteiger partial charge is 0.256 e. The van der Waals surface area contributed by atoms with Crippen molar-refractivity contribution in [2.24, 2.45) is 0 Å². The highest BCUT2D eigenvalue weighted by molar-refractivity contribution is 6.06. The van der Waals surface area contributed by atoms with Gasteiger partial charge in [-0.25, -0.2) is 8.78 Å². The number of hydrogen-bond acceptors (Lipinski definition) is 2. The summed E-state index contributed by atoms with van der Waals surface area (Å²) in [5.41, 5.74) is 0.687. The van der Waals surface area contributed by atoms with E-state index in [4.69, 9.17) is 5.11 Å². The highest BCUT2D eigenvalue weighted by atomic mass is 19.1. The molecule has 0 aliphatic rings.